The molecule has 0 N–H and O–H groups in total. The molecule has 3 aromatic rings. The van der Waals surface area contributed by atoms with Crippen LogP contribution in [0, 0.1) is 17.0 Å². The summed E-state index contributed by atoms with van der Waals surface area (Å²) in [6.45, 7) is 10.3. The Morgan fingerprint density at radius 3 is 2.79 bits per heavy atom. The molecule has 152 valence electrons. The summed E-state index contributed by atoms with van der Waals surface area (Å²) in [4.78, 5) is 22.6. The van der Waals surface area contributed by atoms with E-state index in [2.05, 4.69) is 36.0 Å². The van der Waals surface area contributed by atoms with Crippen molar-refractivity contribution < 1.29 is 9.66 Å². The highest BCUT2D eigenvalue weighted by molar-refractivity contribution is 7.09. The molecule has 1 unspecified atom stereocenters. The molecule has 0 saturated carbocycles. The van der Waals surface area contributed by atoms with Gasteiger partial charge in [0.05, 0.1) is 23.8 Å². The summed E-state index contributed by atoms with van der Waals surface area (Å²) in [6, 6.07) is 7.12. The van der Waals surface area contributed by atoms with Crippen LogP contribution in [0.4, 0.5) is 11.4 Å². The van der Waals surface area contributed by atoms with Gasteiger partial charge in [-0.2, -0.15) is 0 Å². The summed E-state index contributed by atoms with van der Waals surface area (Å²) in [7, 11) is 0. The zero-order chi connectivity index (χ0) is 20.8. The Hall–Kier alpha value is -2.58. The molecule has 4 rings (SSSR count). The first kappa shape index (κ1) is 19.7. The molecular formula is C21H24N4O3S. The standard InChI is InChI=1S/C21H24N4O3S/c1-13-10-16(14-6-5-7-15(25(26)27)19(14)22-13)24-8-9-28-17(11-24)20-23-18(12-29-20)21(2,3)4/h5-7,10,12,17H,8-9,11H2,1-4H3. The third kappa shape index (κ3) is 3.82. The molecule has 0 spiro atoms. The highest BCUT2D eigenvalue weighted by Gasteiger charge is 2.28. The predicted molar refractivity (Wildman–Crippen MR) is 115 cm³/mol. The number of rotatable bonds is 3. The van der Waals surface area contributed by atoms with E-state index < -0.39 is 0 Å². The molecule has 0 bridgehead atoms. The maximum absolute atomic E-state index is 11.5. The zero-order valence-corrected chi connectivity index (χ0v) is 17.8. The molecule has 8 heteroatoms. The molecule has 3 heterocycles. The lowest BCUT2D eigenvalue weighted by molar-refractivity contribution is -0.383. The number of aryl methyl sites for hydroxylation is 1. The number of para-hydroxylation sites is 1. The lowest BCUT2D eigenvalue weighted by atomic mass is 9.93. The summed E-state index contributed by atoms with van der Waals surface area (Å²) in [5.74, 6) is 0. The van der Waals surface area contributed by atoms with Gasteiger partial charge in [0.25, 0.3) is 5.69 Å². The second-order valence-corrected chi connectivity index (χ2v) is 9.23. The van der Waals surface area contributed by atoms with Crippen molar-refractivity contribution in [1.29, 1.82) is 0 Å². The van der Waals surface area contributed by atoms with Gasteiger partial charge in [-0.3, -0.25) is 10.1 Å². The molecule has 1 saturated heterocycles. The van der Waals surface area contributed by atoms with Crippen molar-refractivity contribution in [3.05, 3.63) is 56.2 Å². The molecule has 0 radical (unpaired) electrons. The quantitative estimate of drug-likeness (QED) is 0.455. The predicted octanol–water partition coefficient (Wildman–Crippen LogP) is 4.78. The van der Waals surface area contributed by atoms with Crippen molar-refractivity contribution in [3.63, 3.8) is 0 Å². The number of hydrogen-bond donors (Lipinski definition) is 0. The Morgan fingerprint density at radius 1 is 1.31 bits per heavy atom. The Morgan fingerprint density at radius 2 is 2.10 bits per heavy atom. The summed E-state index contributed by atoms with van der Waals surface area (Å²) in [6.07, 6.45) is -0.118. The molecule has 1 aliphatic rings. The second-order valence-electron chi connectivity index (χ2n) is 8.34. The van der Waals surface area contributed by atoms with Crippen molar-refractivity contribution in [2.75, 3.05) is 24.6 Å². The fourth-order valence-electron chi connectivity index (χ4n) is 3.55. The van der Waals surface area contributed by atoms with Crippen LogP contribution in [0.5, 0.6) is 0 Å². The molecule has 1 atom stereocenters. The van der Waals surface area contributed by atoms with Crippen LogP contribution in [0.2, 0.25) is 0 Å². The van der Waals surface area contributed by atoms with Crippen LogP contribution in [-0.4, -0.2) is 34.6 Å². The van der Waals surface area contributed by atoms with Gasteiger partial charge in [0.2, 0.25) is 0 Å². The smallest absolute Gasteiger partial charge is 0.295 e. The number of ether oxygens (including phenoxy) is 1. The Kier molecular flexibility index (Phi) is 5.00. The number of fused-ring (bicyclic) bond motifs is 1. The molecule has 1 fully saturated rings. The van der Waals surface area contributed by atoms with Crippen LogP contribution in [0.1, 0.15) is 43.3 Å². The Labute approximate surface area is 173 Å². The van der Waals surface area contributed by atoms with Gasteiger partial charge < -0.3 is 9.64 Å². The van der Waals surface area contributed by atoms with Crippen LogP contribution in [0.25, 0.3) is 10.9 Å². The molecule has 29 heavy (non-hydrogen) atoms. The third-order valence-corrected chi connectivity index (χ3v) is 6.03. The van der Waals surface area contributed by atoms with Gasteiger partial charge in [-0.25, -0.2) is 9.97 Å². The first-order valence-corrected chi connectivity index (χ1v) is 10.5. The number of hydrogen-bond acceptors (Lipinski definition) is 7. The molecule has 1 aromatic carbocycles. The number of nitrogens with zero attached hydrogens (tertiary/aromatic N) is 4. The average molecular weight is 413 g/mol. The normalized spacial score (nSPS) is 17.7. The molecule has 2 aromatic heterocycles. The zero-order valence-electron chi connectivity index (χ0n) is 17.0. The lowest BCUT2D eigenvalue weighted by Gasteiger charge is -2.34. The second kappa shape index (κ2) is 7.35. The molecule has 0 amide bonds. The van der Waals surface area contributed by atoms with E-state index in [1.54, 1.807) is 17.4 Å². The highest BCUT2D eigenvalue weighted by atomic mass is 32.1. The van der Waals surface area contributed by atoms with Crippen molar-refractivity contribution in [1.82, 2.24) is 9.97 Å². The average Bonchev–Trinajstić information content (AvgIpc) is 3.17. The van der Waals surface area contributed by atoms with Gasteiger partial charge in [-0.05, 0) is 13.0 Å². The Balaban J connectivity index is 1.70. The summed E-state index contributed by atoms with van der Waals surface area (Å²) in [5.41, 5.74) is 3.25. The highest BCUT2D eigenvalue weighted by Crippen LogP contribution is 2.36. The molecule has 1 aliphatic heterocycles. The van der Waals surface area contributed by atoms with Crippen LogP contribution in [0.15, 0.2) is 29.6 Å². The van der Waals surface area contributed by atoms with Gasteiger partial charge in [0, 0.05) is 40.2 Å². The van der Waals surface area contributed by atoms with Gasteiger partial charge in [-0.15, -0.1) is 11.3 Å². The van der Waals surface area contributed by atoms with Gasteiger partial charge >= 0.3 is 0 Å². The summed E-state index contributed by atoms with van der Waals surface area (Å²) < 4.78 is 6.03. The first-order chi connectivity index (χ1) is 13.7. The number of thiazole rings is 1. The summed E-state index contributed by atoms with van der Waals surface area (Å²) in [5, 5.41) is 15.3. The summed E-state index contributed by atoms with van der Waals surface area (Å²) >= 11 is 1.63. The third-order valence-electron chi connectivity index (χ3n) is 5.09. The van der Waals surface area contributed by atoms with Gasteiger partial charge in [0.15, 0.2) is 5.52 Å². The van der Waals surface area contributed by atoms with Crippen LogP contribution in [0.3, 0.4) is 0 Å². The first-order valence-electron chi connectivity index (χ1n) is 9.61. The van der Waals surface area contributed by atoms with Crippen molar-refractivity contribution in [2.24, 2.45) is 0 Å². The minimum Gasteiger partial charge on any atom is -0.367 e. The number of non-ortho nitro benzene ring substituents is 1. The van der Waals surface area contributed by atoms with Gasteiger partial charge in [0.1, 0.15) is 11.1 Å². The lowest BCUT2D eigenvalue weighted by Crippen LogP contribution is -2.38. The van der Waals surface area contributed by atoms with Crippen molar-refractivity contribution in [2.45, 2.75) is 39.2 Å². The van der Waals surface area contributed by atoms with E-state index in [4.69, 9.17) is 9.72 Å². The minimum atomic E-state index is -0.371. The maximum Gasteiger partial charge on any atom is 0.295 e. The number of benzene rings is 1. The number of anilines is 1. The largest absolute Gasteiger partial charge is 0.367 e. The van der Waals surface area contributed by atoms with Crippen LogP contribution >= 0.6 is 11.3 Å². The topological polar surface area (TPSA) is 81.4 Å². The maximum atomic E-state index is 11.5. The van der Waals surface area contributed by atoms with Crippen molar-refractivity contribution >= 4 is 33.6 Å². The van der Waals surface area contributed by atoms with E-state index in [0.29, 0.717) is 18.7 Å². The van der Waals surface area contributed by atoms with E-state index in [9.17, 15) is 10.1 Å². The van der Waals surface area contributed by atoms with E-state index in [1.165, 1.54) is 6.07 Å². The minimum absolute atomic E-state index is 0.000449. The van der Waals surface area contributed by atoms with Crippen LogP contribution in [-0.2, 0) is 10.2 Å². The molecule has 7 nitrogen and oxygen atoms in total. The van der Waals surface area contributed by atoms with E-state index in [0.717, 1.165) is 34.0 Å². The SMILES string of the molecule is Cc1cc(N2CCOC(c3nc(C(C)(C)C)cs3)C2)c2cccc([N+](=O)[O-])c2n1. The number of nitro groups is 1. The Bertz CT molecular complexity index is 1070. The fraction of sp³-hybridized carbons (Fsp3) is 0.429. The fourth-order valence-corrected chi connectivity index (χ4v) is 4.63. The van der Waals surface area contributed by atoms with Gasteiger partial charge in [-0.1, -0.05) is 32.9 Å². The molecule has 0 aliphatic carbocycles. The monoisotopic (exact) mass is 412 g/mol. The van der Waals surface area contributed by atoms with E-state index in [-0.39, 0.29) is 22.1 Å². The number of nitro benzene ring substituents is 1. The number of morpholine rings is 1. The molecular weight excluding hydrogens is 388 g/mol. The number of aromatic nitrogens is 2. The number of pyridine rings is 1. The van der Waals surface area contributed by atoms with E-state index in [1.807, 2.05) is 19.1 Å². The van der Waals surface area contributed by atoms with Crippen molar-refractivity contribution in [3.8, 4) is 0 Å². The van der Waals surface area contributed by atoms with Crippen LogP contribution < -0.4 is 4.90 Å². The van der Waals surface area contributed by atoms with E-state index >= 15 is 0 Å².